The Kier molecular flexibility index (Phi) is 4.82. The Morgan fingerprint density at radius 3 is 2.78 bits per heavy atom. The zero-order valence-corrected chi connectivity index (χ0v) is 15.6. The van der Waals surface area contributed by atoms with Crippen LogP contribution < -0.4 is 9.64 Å². The number of ether oxygens (including phenoxy) is 2. The maximum Gasteiger partial charge on any atom is 0.373 e. The van der Waals surface area contributed by atoms with Crippen molar-refractivity contribution in [3.63, 3.8) is 0 Å². The quantitative estimate of drug-likeness (QED) is 0.457. The number of hydrogen-bond acceptors (Lipinski definition) is 8. The van der Waals surface area contributed by atoms with Crippen LogP contribution in [0.5, 0.6) is 11.6 Å². The molecule has 0 radical (unpaired) electrons. The molecule has 0 N–H and O–H groups in total. The maximum absolute atomic E-state index is 11.8. The van der Waals surface area contributed by atoms with Gasteiger partial charge >= 0.3 is 11.6 Å². The van der Waals surface area contributed by atoms with Gasteiger partial charge in [-0.3, -0.25) is 15.1 Å². The van der Waals surface area contributed by atoms with E-state index in [1.807, 2.05) is 6.07 Å². The maximum atomic E-state index is 11.8. The van der Waals surface area contributed by atoms with Gasteiger partial charge in [0, 0.05) is 29.1 Å². The minimum atomic E-state index is -0.519. The lowest BCUT2D eigenvalue weighted by Crippen LogP contribution is -2.37. The largest absolute Gasteiger partial charge is 0.431 e. The third-order valence-corrected chi connectivity index (χ3v) is 4.84. The Bertz CT molecular complexity index is 1010. The van der Waals surface area contributed by atoms with Crippen molar-refractivity contribution in [1.29, 1.82) is 0 Å². The average Bonchev–Trinajstić information content (AvgIpc) is 2.70. The van der Waals surface area contributed by atoms with Gasteiger partial charge in [-0.25, -0.2) is 4.98 Å². The molecule has 4 rings (SSSR count). The average molecular weight is 432 g/mol. The van der Waals surface area contributed by atoms with E-state index in [1.165, 1.54) is 6.33 Å². The lowest BCUT2D eigenvalue weighted by atomic mass is 10.2. The molecule has 1 aliphatic heterocycles. The molecule has 1 saturated heterocycles. The van der Waals surface area contributed by atoms with E-state index in [4.69, 9.17) is 9.47 Å². The van der Waals surface area contributed by atoms with Crippen molar-refractivity contribution in [1.82, 2.24) is 15.0 Å². The van der Waals surface area contributed by atoms with E-state index in [2.05, 4.69) is 30.9 Å². The van der Waals surface area contributed by atoms with Crippen molar-refractivity contribution in [2.24, 2.45) is 0 Å². The fraction of sp³-hybridized carbons (Fsp3) is 0.235. The van der Waals surface area contributed by atoms with E-state index < -0.39 is 4.92 Å². The summed E-state index contributed by atoms with van der Waals surface area (Å²) in [4.78, 5) is 25.5. The third kappa shape index (κ3) is 3.40. The number of fused-ring (bicyclic) bond motifs is 1. The molecule has 1 aliphatic rings. The Labute approximate surface area is 162 Å². The summed E-state index contributed by atoms with van der Waals surface area (Å²) in [7, 11) is 0. The number of nitrogens with zero attached hydrogens (tertiary/aromatic N) is 5. The molecule has 1 aromatic carbocycles. The molecule has 0 aliphatic carbocycles. The first-order chi connectivity index (χ1) is 13.1. The number of hydrogen-bond donors (Lipinski definition) is 0. The van der Waals surface area contributed by atoms with Crippen molar-refractivity contribution in [2.75, 3.05) is 31.2 Å². The molecule has 0 spiro atoms. The van der Waals surface area contributed by atoms with Gasteiger partial charge in [0.2, 0.25) is 5.82 Å². The fourth-order valence-electron chi connectivity index (χ4n) is 2.89. The van der Waals surface area contributed by atoms with Crippen molar-refractivity contribution in [3.8, 4) is 11.6 Å². The second-order valence-electron chi connectivity index (χ2n) is 5.75. The molecule has 3 heterocycles. The monoisotopic (exact) mass is 431 g/mol. The minimum Gasteiger partial charge on any atom is -0.431 e. The van der Waals surface area contributed by atoms with Crippen LogP contribution >= 0.6 is 15.9 Å². The van der Waals surface area contributed by atoms with Crippen LogP contribution in [0.4, 0.5) is 11.5 Å². The SMILES string of the molecule is O=[N+]([O-])c1c(Oc2ccc(Br)c3cccnc23)ncnc1N1CCOCC1. The molecule has 0 bridgehead atoms. The standard InChI is InChI=1S/C17H14BrN5O4/c18-12-3-4-13(14-11(12)2-1-5-19-14)27-17-15(23(24)25)16(20-10-21-17)22-6-8-26-9-7-22/h1-5,10H,6-9H2. The zero-order valence-electron chi connectivity index (χ0n) is 14.0. The molecule has 0 unspecified atom stereocenters. The molecule has 9 nitrogen and oxygen atoms in total. The highest BCUT2D eigenvalue weighted by molar-refractivity contribution is 9.10. The van der Waals surface area contributed by atoms with Gasteiger partial charge < -0.3 is 14.4 Å². The second-order valence-corrected chi connectivity index (χ2v) is 6.61. The number of rotatable bonds is 4. The Balaban J connectivity index is 1.79. The Morgan fingerprint density at radius 1 is 1.19 bits per heavy atom. The van der Waals surface area contributed by atoms with Crippen LogP contribution in [0.1, 0.15) is 0 Å². The van der Waals surface area contributed by atoms with E-state index in [9.17, 15) is 10.1 Å². The van der Waals surface area contributed by atoms with Crippen LogP contribution in [0.3, 0.4) is 0 Å². The smallest absolute Gasteiger partial charge is 0.373 e. The van der Waals surface area contributed by atoms with Gasteiger partial charge in [-0.05, 0) is 18.2 Å². The number of nitro groups is 1. The van der Waals surface area contributed by atoms with E-state index in [0.29, 0.717) is 37.6 Å². The summed E-state index contributed by atoms with van der Waals surface area (Å²) in [5.41, 5.74) is 0.305. The highest BCUT2D eigenvalue weighted by atomic mass is 79.9. The highest BCUT2D eigenvalue weighted by Gasteiger charge is 2.30. The molecule has 27 heavy (non-hydrogen) atoms. The van der Waals surface area contributed by atoms with Crippen LogP contribution in [-0.2, 0) is 4.74 Å². The zero-order chi connectivity index (χ0) is 18.8. The molecule has 1 fully saturated rings. The number of pyridine rings is 1. The molecule has 2 aromatic heterocycles. The van der Waals surface area contributed by atoms with Gasteiger partial charge in [-0.1, -0.05) is 22.0 Å². The van der Waals surface area contributed by atoms with Crippen LogP contribution in [0.25, 0.3) is 10.9 Å². The molecular weight excluding hydrogens is 418 g/mol. The highest BCUT2D eigenvalue weighted by Crippen LogP contribution is 2.38. The van der Waals surface area contributed by atoms with Gasteiger partial charge in [0.1, 0.15) is 11.8 Å². The second kappa shape index (κ2) is 7.41. The van der Waals surface area contributed by atoms with Crippen LogP contribution in [0, 0.1) is 10.1 Å². The summed E-state index contributed by atoms with van der Waals surface area (Å²) in [6, 6.07) is 7.18. The van der Waals surface area contributed by atoms with Gasteiger partial charge in [0.25, 0.3) is 0 Å². The van der Waals surface area contributed by atoms with E-state index >= 15 is 0 Å². The van der Waals surface area contributed by atoms with E-state index in [0.717, 1.165) is 9.86 Å². The number of halogens is 1. The summed E-state index contributed by atoms with van der Waals surface area (Å²) >= 11 is 3.47. The Morgan fingerprint density at radius 2 is 2.00 bits per heavy atom. The number of morpholine rings is 1. The first kappa shape index (κ1) is 17.6. The molecule has 0 amide bonds. The molecule has 0 saturated carbocycles. The molecule has 0 atom stereocenters. The normalized spacial score (nSPS) is 14.3. The van der Waals surface area contributed by atoms with Gasteiger partial charge in [0.05, 0.1) is 18.1 Å². The van der Waals surface area contributed by atoms with E-state index in [1.54, 1.807) is 29.3 Å². The lowest BCUT2D eigenvalue weighted by molar-refractivity contribution is -0.385. The van der Waals surface area contributed by atoms with Crippen LogP contribution in [0.2, 0.25) is 0 Å². The molecule has 3 aromatic rings. The molecule has 10 heteroatoms. The predicted octanol–water partition coefficient (Wildman–Crippen LogP) is 3.32. The first-order valence-corrected chi connectivity index (χ1v) is 8.97. The summed E-state index contributed by atoms with van der Waals surface area (Å²) in [6.07, 6.45) is 2.90. The van der Waals surface area contributed by atoms with Gasteiger partial charge in [-0.15, -0.1) is 0 Å². The van der Waals surface area contributed by atoms with Crippen molar-refractivity contribution < 1.29 is 14.4 Å². The van der Waals surface area contributed by atoms with Gasteiger partial charge in [-0.2, -0.15) is 4.98 Å². The molecule has 138 valence electrons. The van der Waals surface area contributed by atoms with Crippen LogP contribution in [-0.4, -0.2) is 46.2 Å². The van der Waals surface area contributed by atoms with E-state index in [-0.39, 0.29) is 17.4 Å². The minimum absolute atomic E-state index is 0.120. The molecular formula is C17H14BrN5O4. The van der Waals surface area contributed by atoms with Gasteiger partial charge in [0.15, 0.2) is 5.75 Å². The number of aromatic nitrogens is 3. The van der Waals surface area contributed by atoms with Crippen molar-refractivity contribution in [2.45, 2.75) is 0 Å². The summed E-state index contributed by atoms with van der Waals surface area (Å²) in [6.45, 7) is 2.00. The fourth-order valence-corrected chi connectivity index (χ4v) is 3.35. The van der Waals surface area contributed by atoms with Crippen molar-refractivity contribution in [3.05, 3.63) is 51.4 Å². The van der Waals surface area contributed by atoms with Crippen molar-refractivity contribution >= 4 is 38.3 Å². The number of anilines is 1. The summed E-state index contributed by atoms with van der Waals surface area (Å²) in [5.74, 6) is 0.483. The first-order valence-electron chi connectivity index (χ1n) is 8.18. The number of benzene rings is 1. The predicted molar refractivity (Wildman–Crippen MR) is 101 cm³/mol. The lowest BCUT2D eigenvalue weighted by Gasteiger charge is -2.27. The topological polar surface area (TPSA) is 104 Å². The Hall–Kier alpha value is -2.85. The van der Waals surface area contributed by atoms with Crippen LogP contribution in [0.15, 0.2) is 41.3 Å². The third-order valence-electron chi connectivity index (χ3n) is 4.15. The summed E-state index contributed by atoms with van der Waals surface area (Å²) in [5, 5.41) is 12.6. The summed E-state index contributed by atoms with van der Waals surface area (Å²) < 4.78 is 12.0.